The highest BCUT2D eigenvalue weighted by Gasteiger charge is 2.20. The molecule has 21 heavy (non-hydrogen) atoms. The lowest BCUT2D eigenvalue weighted by atomic mass is 10.1. The van der Waals surface area contributed by atoms with Crippen LogP contribution in [0.15, 0.2) is 29.3 Å². The predicted octanol–water partition coefficient (Wildman–Crippen LogP) is 1.93. The molecule has 2 N–H and O–H groups in total. The minimum atomic E-state index is -0.128. The topological polar surface area (TPSA) is 54.1 Å². The van der Waals surface area contributed by atoms with Crippen LogP contribution < -0.4 is 15.4 Å². The molecule has 0 radical (unpaired) electrons. The van der Waals surface area contributed by atoms with Gasteiger partial charge in [0.25, 0.3) is 0 Å². The van der Waals surface area contributed by atoms with E-state index in [4.69, 9.17) is 10.5 Å². The van der Waals surface area contributed by atoms with Crippen LogP contribution >= 0.6 is 0 Å². The van der Waals surface area contributed by atoms with Crippen molar-refractivity contribution in [2.75, 3.05) is 38.2 Å². The summed E-state index contributed by atoms with van der Waals surface area (Å²) in [5, 5.41) is 0. The van der Waals surface area contributed by atoms with Crippen molar-refractivity contribution in [3.8, 4) is 5.75 Å². The average molecular weight is 290 g/mol. The first-order valence-corrected chi connectivity index (χ1v) is 7.38. The second-order valence-corrected chi connectivity index (χ2v) is 6.31. The quantitative estimate of drug-likeness (QED) is 0.668. The minimum absolute atomic E-state index is 0.128. The first-order valence-electron chi connectivity index (χ1n) is 7.38. The molecule has 1 fully saturated rings. The third-order valence-corrected chi connectivity index (χ3v) is 3.49. The van der Waals surface area contributed by atoms with Crippen LogP contribution in [0.1, 0.15) is 20.8 Å². The van der Waals surface area contributed by atoms with Crippen LogP contribution in [-0.4, -0.2) is 49.7 Å². The molecule has 0 spiro atoms. The van der Waals surface area contributed by atoms with Crippen LogP contribution in [0.2, 0.25) is 0 Å². The van der Waals surface area contributed by atoms with Gasteiger partial charge < -0.3 is 20.3 Å². The van der Waals surface area contributed by atoms with Gasteiger partial charge in [-0.15, -0.1) is 0 Å². The summed E-state index contributed by atoms with van der Waals surface area (Å²) in [5.41, 5.74) is 7.19. The van der Waals surface area contributed by atoms with Gasteiger partial charge in [0.15, 0.2) is 5.96 Å². The van der Waals surface area contributed by atoms with E-state index >= 15 is 0 Å². The average Bonchev–Trinajstić information content (AvgIpc) is 2.46. The zero-order valence-corrected chi connectivity index (χ0v) is 13.5. The molecule has 5 nitrogen and oxygen atoms in total. The molecular formula is C16H26N4O. The normalized spacial score (nSPS) is 17.0. The Morgan fingerprint density at radius 1 is 1.10 bits per heavy atom. The summed E-state index contributed by atoms with van der Waals surface area (Å²) in [7, 11) is 1.69. The van der Waals surface area contributed by atoms with Gasteiger partial charge in [-0.05, 0) is 45.0 Å². The fourth-order valence-electron chi connectivity index (χ4n) is 2.40. The molecule has 1 aliphatic heterocycles. The van der Waals surface area contributed by atoms with Crippen molar-refractivity contribution in [1.82, 2.24) is 4.90 Å². The number of hydrogen-bond donors (Lipinski definition) is 1. The van der Waals surface area contributed by atoms with Crippen molar-refractivity contribution in [2.45, 2.75) is 26.3 Å². The van der Waals surface area contributed by atoms with Crippen molar-refractivity contribution < 1.29 is 4.74 Å². The smallest absolute Gasteiger partial charge is 0.191 e. The van der Waals surface area contributed by atoms with Gasteiger partial charge in [-0.2, -0.15) is 0 Å². The fourth-order valence-corrected chi connectivity index (χ4v) is 2.40. The van der Waals surface area contributed by atoms with E-state index in [0.717, 1.165) is 31.9 Å². The van der Waals surface area contributed by atoms with E-state index < -0.39 is 0 Å². The van der Waals surface area contributed by atoms with Crippen LogP contribution in [0.25, 0.3) is 0 Å². The maximum absolute atomic E-state index is 6.10. The SMILES string of the molecule is COc1ccc(N2CCN(C(N)=NC(C)(C)C)CC2)cc1. The monoisotopic (exact) mass is 290 g/mol. The van der Waals surface area contributed by atoms with E-state index in [2.05, 4.69) is 47.7 Å². The Labute approximate surface area is 127 Å². The molecule has 0 unspecified atom stereocenters. The number of methoxy groups -OCH3 is 1. The molecule has 5 heteroatoms. The fraction of sp³-hybridized carbons (Fsp3) is 0.562. The molecule has 2 rings (SSSR count). The number of rotatable bonds is 2. The van der Waals surface area contributed by atoms with Gasteiger partial charge in [-0.3, -0.25) is 0 Å². The largest absolute Gasteiger partial charge is 0.497 e. The van der Waals surface area contributed by atoms with Gasteiger partial charge in [0.2, 0.25) is 0 Å². The van der Waals surface area contributed by atoms with Gasteiger partial charge >= 0.3 is 0 Å². The Kier molecular flexibility index (Phi) is 4.60. The highest BCUT2D eigenvalue weighted by atomic mass is 16.5. The van der Waals surface area contributed by atoms with Crippen LogP contribution in [0, 0.1) is 0 Å². The highest BCUT2D eigenvalue weighted by molar-refractivity contribution is 5.78. The second kappa shape index (κ2) is 6.24. The van der Waals surface area contributed by atoms with E-state index in [9.17, 15) is 0 Å². The number of guanidine groups is 1. The Bertz CT molecular complexity index is 482. The first kappa shape index (κ1) is 15.5. The Morgan fingerprint density at radius 2 is 1.67 bits per heavy atom. The molecule has 1 aromatic carbocycles. The van der Waals surface area contributed by atoms with Gasteiger partial charge in [0, 0.05) is 31.9 Å². The number of anilines is 1. The number of ether oxygens (including phenoxy) is 1. The number of piperazine rings is 1. The summed E-state index contributed by atoms with van der Waals surface area (Å²) in [6.07, 6.45) is 0. The van der Waals surface area contributed by atoms with Crippen LogP contribution in [0.5, 0.6) is 5.75 Å². The lowest BCUT2D eigenvalue weighted by molar-refractivity contribution is 0.375. The summed E-state index contributed by atoms with van der Waals surface area (Å²) in [6.45, 7) is 9.89. The lowest BCUT2D eigenvalue weighted by Crippen LogP contribution is -2.51. The Hall–Kier alpha value is -1.91. The van der Waals surface area contributed by atoms with E-state index in [1.807, 2.05) is 12.1 Å². The van der Waals surface area contributed by atoms with Gasteiger partial charge in [-0.1, -0.05) is 0 Å². The molecular weight excluding hydrogens is 264 g/mol. The third-order valence-electron chi connectivity index (χ3n) is 3.49. The predicted molar refractivity (Wildman–Crippen MR) is 88.2 cm³/mol. The molecule has 0 amide bonds. The van der Waals surface area contributed by atoms with Crippen molar-refractivity contribution in [3.63, 3.8) is 0 Å². The van der Waals surface area contributed by atoms with Gasteiger partial charge in [-0.25, -0.2) is 4.99 Å². The molecule has 1 heterocycles. The zero-order valence-electron chi connectivity index (χ0n) is 13.5. The van der Waals surface area contributed by atoms with Crippen molar-refractivity contribution in [3.05, 3.63) is 24.3 Å². The second-order valence-electron chi connectivity index (χ2n) is 6.31. The van der Waals surface area contributed by atoms with Crippen molar-refractivity contribution in [2.24, 2.45) is 10.7 Å². The van der Waals surface area contributed by atoms with E-state index in [1.54, 1.807) is 7.11 Å². The van der Waals surface area contributed by atoms with Gasteiger partial charge in [0.05, 0.1) is 12.6 Å². The Balaban J connectivity index is 1.95. The first-order chi connectivity index (χ1) is 9.89. The molecule has 0 bridgehead atoms. The zero-order chi connectivity index (χ0) is 15.5. The standard InChI is InChI=1S/C16H26N4O/c1-16(2,3)18-15(17)20-11-9-19(10-12-20)13-5-7-14(21-4)8-6-13/h5-8H,9-12H2,1-4H3,(H2,17,18). The molecule has 1 aliphatic rings. The van der Waals surface area contributed by atoms with E-state index in [-0.39, 0.29) is 5.54 Å². The molecule has 1 aromatic rings. The lowest BCUT2D eigenvalue weighted by Gasteiger charge is -2.37. The highest BCUT2D eigenvalue weighted by Crippen LogP contribution is 2.20. The van der Waals surface area contributed by atoms with E-state index in [1.165, 1.54) is 5.69 Å². The number of aliphatic imine (C=N–C) groups is 1. The number of nitrogens with zero attached hydrogens (tertiary/aromatic N) is 3. The summed E-state index contributed by atoms with van der Waals surface area (Å²) in [4.78, 5) is 9.06. The molecule has 0 saturated carbocycles. The summed E-state index contributed by atoms with van der Waals surface area (Å²) < 4.78 is 5.19. The maximum Gasteiger partial charge on any atom is 0.191 e. The van der Waals surface area contributed by atoms with Crippen molar-refractivity contribution >= 4 is 11.6 Å². The summed E-state index contributed by atoms with van der Waals surface area (Å²) in [5.74, 6) is 1.54. The van der Waals surface area contributed by atoms with Crippen LogP contribution in [0.3, 0.4) is 0 Å². The molecule has 116 valence electrons. The molecule has 0 aromatic heterocycles. The molecule has 1 saturated heterocycles. The molecule has 0 aliphatic carbocycles. The summed E-state index contributed by atoms with van der Waals surface area (Å²) in [6, 6.07) is 8.19. The minimum Gasteiger partial charge on any atom is -0.497 e. The third kappa shape index (κ3) is 4.28. The maximum atomic E-state index is 6.10. The molecule has 0 atom stereocenters. The summed E-state index contributed by atoms with van der Waals surface area (Å²) >= 11 is 0. The number of benzene rings is 1. The van der Waals surface area contributed by atoms with Gasteiger partial charge in [0.1, 0.15) is 5.75 Å². The number of hydrogen-bond acceptors (Lipinski definition) is 3. The van der Waals surface area contributed by atoms with Crippen molar-refractivity contribution in [1.29, 1.82) is 0 Å². The number of nitrogens with two attached hydrogens (primary N) is 1. The van der Waals surface area contributed by atoms with Crippen LogP contribution in [-0.2, 0) is 0 Å². The van der Waals surface area contributed by atoms with E-state index in [0.29, 0.717) is 5.96 Å². The Morgan fingerprint density at radius 3 is 2.14 bits per heavy atom. The van der Waals surface area contributed by atoms with Crippen LogP contribution in [0.4, 0.5) is 5.69 Å².